The van der Waals surface area contributed by atoms with Gasteiger partial charge < -0.3 is 10.6 Å². The maximum Gasteiger partial charge on any atom is 0.0396 e. The Labute approximate surface area is 98.4 Å². The second kappa shape index (κ2) is 4.88. The number of benzene rings is 1. The van der Waals surface area contributed by atoms with Crippen molar-refractivity contribution in [3.63, 3.8) is 0 Å². The quantitative estimate of drug-likeness (QED) is 0.844. The van der Waals surface area contributed by atoms with Gasteiger partial charge in [-0.1, -0.05) is 19.1 Å². The highest BCUT2D eigenvalue weighted by Gasteiger charge is 2.14. The minimum atomic E-state index is 0.305. The third kappa shape index (κ3) is 2.38. The van der Waals surface area contributed by atoms with Crippen molar-refractivity contribution < 1.29 is 0 Å². The second-order valence-corrected chi connectivity index (χ2v) is 4.86. The van der Waals surface area contributed by atoms with Gasteiger partial charge in [0.05, 0.1) is 0 Å². The predicted octanol–water partition coefficient (Wildman–Crippen LogP) is 2.35. The zero-order chi connectivity index (χ0) is 11.5. The third-order valence-corrected chi connectivity index (χ3v) is 3.52. The van der Waals surface area contributed by atoms with E-state index in [0.29, 0.717) is 6.04 Å². The summed E-state index contributed by atoms with van der Waals surface area (Å²) in [5.74, 6) is 0. The van der Waals surface area contributed by atoms with Crippen molar-refractivity contribution in [2.45, 2.75) is 38.6 Å². The number of nitrogens with two attached hydrogens (primary N) is 1. The van der Waals surface area contributed by atoms with E-state index >= 15 is 0 Å². The highest BCUT2D eigenvalue weighted by molar-refractivity contribution is 5.56. The van der Waals surface area contributed by atoms with Crippen LogP contribution >= 0.6 is 0 Å². The van der Waals surface area contributed by atoms with Crippen LogP contribution in [0.4, 0.5) is 5.69 Å². The zero-order valence-electron chi connectivity index (χ0n) is 10.4. The third-order valence-electron chi connectivity index (χ3n) is 3.52. The lowest BCUT2D eigenvalue weighted by Gasteiger charge is -2.28. The van der Waals surface area contributed by atoms with Crippen LogP contribution in [-0.4, -0.2) is 19.6 Å². The van der Waals surface area contributed by atoms with Crippen LogP contribution in [0.3, 0.4) is 0 Å². The van der Waals surface area contributed by atoms with Gasteiger partial charge in [0, 0.05) is 25.3 Å². The van der Waals surface area contributed by atoms with Gasteiger partial charge in [-0.3, -0.25) is 0 Å². The normalized spacial score (nSPS) is 17.1. The van der Waals surface area contributed by atoms with Crippen LogP contribution in [0.15, 0.2) is 18.2 Å². The minimum Gasteiger partial charge on any atom is -0.374 e. The highest BCUT2D eigenvalue weighted by Crippen LogP contribution is 2.27. The smallest absolute Gasteiger partial charge is 0.0396 e. The molecule has 0 fully saturated rings. The molecule has 2 heteroatoms. The van der Waals surface area contributed by atoms with Crippen LogP contribution < -0.4 is 10.6 Å². The zero-order valence-corrected chi connectivity index (χ0v) is 10.4. The summed E-state index contributed by atoms with van der Waals surface area (Å²) in [4.78, 5) is 2.35. The number of nitrogens with zero attached hydrogens (tertiary/aromatic N) is 1. The van der Waals surface area contributed by atoms with Gasteiger partial charge >= 0.3 is 0 Å². The summed E-state index contributed by atoms with van der Waals surface area (Å²) in [7, 11) is 2.18. The number of hydrogen-bond acceptors (Lipinski definition) is 2. The predicted molar refractivity (Wildman–Crippen MR) is 70.0 cm³/mol. The van der Waals surface area contributed by atoms with Gasteiger partial charge in [0.15, 0.2) is 0 Å². The molecule has 2 N–H and O–H groups in total. The van der Waals surface area contributed by atoms with Crippen molar-refractivity contribution in [2.75, 3.05) is 18.5 Å². The summed E-state index contributed by atoms with van der Waals surface area (Å²) in [5, 5.41) is 0. The Morgan fingerprint density at radius 2 is 2.25 bits per heavy atom. The van der Waals surface area contributed by atoms with Gasteiger partial charge in [-0.25, -0.2) is 0 Å². The van der Waals surface area contributed by atoms with E-state index in [1.165, 1.54) is 36.2 Å². The fourth-order valence-electron chi connectivity index (χ4n) is 2.41. The van der Waals surface area contributed by atoms with Crippen molar-refractivity contribution in [1.29, 1.82) is 0 Å². The monoisotopic (exact) mass is 218 g/mol. The number of anilines is 1. The molecule has 16 heavy (non-hydrogen) atoms. The average Bonchev–Trinajstić information content (AvgIpc) is 2.29. The Morgan fingerprint density at radius 1 is 1.44 bits per heavy atom. The molecule has 1 aliphatic heterocycles. The number of fused-ring (bicyclic) bond motifs is 1. The Hall–Kier alpha value is -1.02. The largest absolute Gasteiger partial charge is 0.374 e. The van der Waals surface area contributed by atoms with Gasteiger partial charge in [0.2, 0.25) is 0 Å². The highest BCUT2D eigenvalue weighted by atomic mass is 15.1. The maximum absolute atomic E-state index is 6.00. The van der Waals surface area contributed by atoms with Gasteiger partial charge in [-0.05, 0) is 42.9 Å². The molecule has 1 aromatic carbocycles. The van der Waals surface area contributed by atoms with E-state index < -0.39 is 0 Å². The molecule has 1 unspecified atom stereocenters. The molecular weight excluding hydrogens is 196 g/mol. The number of hydrogen-bond donors (Lipinski definition) is 1. The van der Waals surface area contributed by atoms with Crippen molar-refractivity contribution in [1.82, 2.24) is 0 Å². The molecular formula is C14H22N2. The molecule has 0 amide bonds. The van der Waals surface area contributed by atoms with E-state index in [1.807, 2.05) is 0 Å². The molecule has 1 aliphatic rings. The fraction of sp³-hybridized carbons (Fsp3) is 0.571. The SMILES string of the molecule is CCC(N)Cc1ccc2c(c1)CCCN2C. The van der Waals surface area contributed by atoms with E-state index in [2.05, 4.69) is 37.1 Å². The van der Waals surface area contributed by atoms with E-state index in [0.717, 1.165) is 12.8 Å². The van der Waals surface area contributed by atoms with Crippen LogP contribution in [-0.2, 0) is 12.8 Å². The number of aryl methyl sites for hydroxylation is 1. The summed E-state index contributed by atoms with van der Waals surface area (Å²) >= 11 is 0. The van der Waals surface area contributed by atoms with Crippen LogP contribution in [0, 0.1) is 0 Å². The van der Waals surface area contributed by atoms with Crippen LogP contribution in [0.25, 0.3) is 0 Å². The van der Waals surface area contributed by atoms with Crippen LogP contribution in [0.5, 0.6) is 0 Å². The summed E-state index contributed by atoms with van der Waals surface area (Å²) in [5.41, 5.74) is 10.3. The Balaban J connectivity index is 2.18. The molecule has 1 atom stereocenters. The first-order chi connectivity index (χ1) is 7.70. The maximum atomic E-state index is 6.00. The van der Waals surface area contributed by atoms with Gasteiger partial charge in [-0.2, -0.15) is 0 Å². The lowest BCUT2D eigenvalue weighted by atomic mass is 9.96. The van der Waals surface area contributed by atoms with E-state index in [-0.39, 0.29) is 0 Å². The molecule has 88 valence electrons. The molecule has 0 radical (unpaired) electrons. The lowest BCUT2D eigenvalue weighted by molar-refractivity contribution is 0.645. The van der Waals surface area contributed by atoms with E-state index in [9.17, 15) is 0 Å². The first kappa shape index (κ1) is 11.5. The van der Waals surface area contributed by atoms with E-state index in [4.69, 9.17) is 5.73 Å². The molecule has 1 heterocycles. The minimum absolute atomic E-state index is 0.305. The molecule has 0 aromatic heterocycles. The second-order valence-electron chi connectivity index (χ2n) is 4.86. The first-order valence-corrected chi connectivity index (χ1v) is 6.29. The van der Waals surface area contributed by atoms with Gasteiger partial charge in [-0.15, -0.1) is 0 Å². The Morgan fingerprint density at radius 3 is 3.00 bits per heavy atom. The number of rotatable bonds is 3. The molecule has 0 spiro atoms. The van der Waals surface area contributed by atoms with Crippen molar-refractivity contribution in [2.24, 2.45) is 5.73 Å². The summed E-state index contributed by atoms with van der Waals surface area (Å²) in [6.45, 7) is 3.33. The fourth-order valence-corrected chi connectivity index (χ4v) is 2.41. The average molecular weight is 218 g/mol. The van der Waals surface area contributed by atoms with Crippen LogP contribution in [0.1, 0.15) is 30.9 Å². The van der Waals surface area contributed by atoms with Crippen LogP contribution in [0.2, 0.25) is 0 Å². The molecule has 0 aliphatic carbocycles. The Kier molecular flexibility index (Phi) is 3.49. The summed E-state index contributed by atoms with van der Waals surface area (Å²) in [6.07, 6.45) is 4.55. The van der Waals surface area contributed by atoms with E-state index in [1.54, 1.807) is 0 Å². The molecule has 0 saturated heterocycles. The molecule has 2 rings (SSSR count). The van der Waals surface area contributed by atoms with Crippen molar-refractivity contribution in [3.8, 4) is 0 Å². The molecule has 1 aromatic rings. The molecule has 2 nitrogen and oxygen atoms in total. The summed E-state index contributed by atoms with van der Waals surface area (Å²) in [6, 6.07) is 7.14. The van der Waals surface area contributed by atoms with Gasteiger partial charge in [0.1, 0.15) is 0 Å². The Bertz CT molecular complexity index is 360. The van der Waals surface area contributed by atoms with Crippen molar-refractivity contribution in [3.05, 3.63) is 29.3 Å². The van der Waals surface area contributed by atoms with Crippen molar-refractivity contribution >= 4 is 5.69 Å². The topological polar surface area (TPSA) is 29.3 Å². The lowest BCUT2D eigenvalue weighted by Crippen LogP contribution is -2.25. The summed E-state index contributed by atoms with van der Waals surface area (Å²) < 4.78 is 0. The molecule has 0 bridgehead atoms. The first-order valence-electron chi connectivity index (χ1n) is 6.29. The standard InChI is InChI=1S/C14H22N2/c1-3-13(15)10-11-6-7-14-12(9-11)5-4-8-16(14)2/h6-7,9,13H,3-5,8,10,15H2,1-2H3. The molecule has 0 saturated carbocycles. The van der Waals surface area contributed by atoms with Gasteiger partial charge in [0.25, 0.3) is 0 Å².